The highest BCUT2D eigenvalue weighted by Gasteiger charge is 2.23. The molecule has 0 bridgehead atoms. The second-order valence-electron chi connectivity index (χ2n) is 3.56. The van der Waals surface area contributed by atoms with Crippen molar-refractivity contribution in [1.82, 2.24) is 0 Å². The highest BCUT2D eigenvalue weighted by Crippen LogP contribution is 2.23. The minimum Gasteiger partial charge on any atom is -0.397 e. The van der Waals surface area contributed by atoms with Crippen LogP contribution in [-0.4, -0.2) is 35.1 Å². The quantitative estimate of drug-likeness (QED) is 0.256. The van der Waals surface area contributed by atoms with Crippen LogP contribution in [0.25, 0.3) is 0 Å². The molecule has 94 valence electrons. The molecule has 0 aromatic rings. The molecule has 1 atom stereocenters. The summed E-state index contributed by atoms with van der Waals surface area (Å²) in [6.45, 7) is 8.18. The largest absolute Gasteiger partial charge is 0.397 e. The standard InChI is InChI=1S/C11H23NO3Si/c1-4-11(8-7-9-12-10-13)16(14-5-2)15-6-3/h11,16H,4-9H2,1-3H3. The lowest BCUT2D eigenvalue weighted by Crippen LogP contribution is -2.29. The Morgan fingerprint density at radius 1 is 1.25 bits per heavy atom. The number of isocyanates is 1. The molecule has 0 saturated heterocycles. The van der Waals surface area contributed by atoms with E-state index in [0.717, 1.165) is 32.5 Å². The Bertz CT molecular complexity index is 201. The van der Waals surface area contributed by atoms with Gasteiger partial charge < -0.3 is 8.85 Å². The zero-order valence-corrected chi connectivity index (χ0v) is 11.7. The number of rotatable bonds is 10. The van der Waals surface area contributed by atoms with Gasteiger partial charge in [0.1, 0.15) is 0 Å². The Balaban J connectivity index is 4.02. The molecule has 5 heteroatoms. The van der Waals surface area contributed by atoms with Crippen molar-refractivity contribution in [2.45, 2.75) is 45.6 Å². The van der Waals surface area contributed by atoms with E-state index in [2.05, 4.69) is 11.9 Å². The van der Waals surface area contributed by atoms with Crippen LogP contribution in [-0.2, 0) is 13.6 Å². The Hall–Kier alpha value is -0.483. The van der Waals surface area contributed by atoms with Gasteiger partial charge in [-0.15, -0.1) is 0 Å². The molecule has 0 N–H and O–H groups in total. The topological polar surface area (TPSA) is 47.9 Å². The molecule has 0 aromatic heterocycles. The molecule has 0 radical (unpaired) electrons. The molecule has 16 heavy (non-hydrogen) atoms. The van der Waals surface area contributed by atoms with Crippen molar-refractivity contribution in [1.29, 1.82) is 0 Å². The van der Waals surface area contributed by atoms with E-state index in [9.17, 15) is 4.79 Å². The first-order valence-electron chi connectivity index (χ1n) is 6.06. The van der Waals surface area contributed by atoms with E-state index in [4.69, 9.17) is 8.85 Å². The van der Waals surface area contributed by atoms with Crippen LogP contribution in [0.2, 0.25) is 5.54 Å². The monoisotopic (exact) mass is 245 g/mol. The molecule has 0 spiro atoms. The highest BCUT2D eigenvalue weighted by molar-refractivity contribution is 6.46. The summed E-state index contributed by atoms with van der Waals surface area (Å²) in [6, 6.07) is 0. The Morgan fingerprint density at radius 2 is 1.88 bits per heavy atom. The predicted molar refractivity (Wildman–Crippen MR) is 66.7 cm³/mol. The zero-order valence-electron chi connectivity index (χ0n) is 10.6. The van der Waals surface area contributed by atoms with Gasteiger partial charge in [0, 0.05) is 13.2 Å². The van der Waals surface area contributed by atoms with Crippen molar-refractivity contribution in [3.05, 3.63) is 0 Å². The molecule has 1 unspecified atom stereocenters. The Labute approximate surface area is 99.9 Å². The predicted octanol–water partition coefficient (Wildman–Crippen LogP) is 2.18. The summed E-state index contributed by atoms with van der Waals surface area (Å²) in [5.41, 5.74) is 0.516. The first-order chi connectivity index (χ1) is 7.79. The van der Waals surface area contributed by atoms with Gasteiger partial charge in [0.05, 0.1) is 6.54 Å². The fourth-order valence-electron chi connectivity index (χ4n) is 1.66. The summed E-state index contributed by atoms with van der Waals surface area (Å²) < 4.78 is 11.4. The molecule has 0 saturated carbocycles. The van der Waals surface area contributed by atoms with Crippen LogP contribution in [0, 0.1) is 0 Å². The number of carbonyl (C=O) groups excluding carboxylic acids is 1. The Morgan fingerprint density at radius 3 is 2.31 bits per heavy atom. The minimum absolute atomic E-state index is 0.516. The highest BCUT2D eigenvalue weighted by atomic mass is 28.3. The summed E-state index contributed by atoms with van der Waals surface area (Å²) in [4.78, 5) is 13.5. The molecular weight excluding hydrogens is 222 g/mol. The fourth-order valence-corrected chi connectivity index (χ4v) is 3.85. The fraction of sp³-hybridized carbons (Fsp3) is 0.909. The van der Waals surface area contributed by atoms with Gasteiger partial charge in [-0.1, -0.05) is 13.3 Å². The van der Waals surface area contributed by atoms with Crippen LogP contribution in [0.5, 0.6) is 0 Å². The van der Waals surface area contributed by atoms with Gasteiger partial charge in [0.15, 0.2) is 0 Å². The van der Waals surface area contributed by atoms with Crippen LogP contribution in [0.1, 0.15) is 40.0 Å². The van der Waals surface area contributed by atoms with E-state index >= 15 is 0 Å². The van der Waals surface area contributed by atoms with Gasteiger partial charge >= 0.3 is 9.28 Å². The van der Waals surface area contributed by atoms with Crippen LogP contribution < -0.4 is 0 Å². The van der Waals surface area contributed by atoms with E-state index < -0.39 is 9.28 Å². The van der Waals surface area contributed by atoms with E-state index in [1.165, 1.54) is 0 Å². The third-order valence-corrected chi connectivity index (χ3v) is 5.38. The Kier molecular flexibility index (Phi) is 10.7. The van der Waals surface area contributed by atoms with Gasteiger partial charge in [0.2, 0.25) is 6.08 Å². The number of nitrogens with zero attached hydrogens (tertiary/aromatic N) is 1. The summed E-state index contributed by atoms with van der Waals surface area (Å²) >= 11 is 0. The third-order valence-electron chi connectivity index (χ3n) is 2.48. The lowest BCUT2D eigenvalue weighted by atomic mass is 10.2. The van der Waals surface area contributed by atoms with Crippen molar-refractivity contribution in [2.24, 2.45) is 4.99 Å². The summed E-state index contributed by atoms with van der Waals surface area (Å²) in [7, 11) is -1.54. The van der Waals surface area contributed by atoms with Crippen molar-refractivity contribution in [2.75, 3.05) is 19.8 Å². The van der Waals surface area contributed by atoms with Gasteiger partial charge in [-0.2, -0.15) is 0 Å². The first-order valence-corrected chi connectivity index (χ1v) is 7.67. The lowest BCUT2D eigenvalue weighted by Gasteiger charge is -2.23. The first kappa shape index (κ1) is 15.5. The minimum atomic E-state index is -1.54. The van der Waals surface area contributed by atoms with Crippen molar-refractivity contribution < 1.29 is 13.6 Å². The second kappa shape index (κ2) is 11.0. The smallest absolute Gasteiger partial charge is 0.324 e. The van der Waals surface area contributed by atoms with Gasteiger partial charge in [-0.25, -0.2) is 9.79 Å². The van der Waals surface area contributed by atoms with Gasteiger partial charge in [-0.3, -0.25) is 0 Å². The van der Waals surface area contributed by atoms with Crippen molar-refractivity contribution in [3.8, 4) is 0 Å². The van der Waals surface area contributed by atoms with Crippen molar-refractivity contribution in [3.63, 3.8) is 0 Å². The molecule has 0 amide bonds. The molecule has 4 nitrogen and oxygen atoms in total. The van der Waals surface area contributed by atoms with Gasteiger partial charge in [0.25, 0.3) is 0 Å². The van der Waals surface area contributed by atoms with Crippen LogP contribution in [0.3, 0.4) is 0 Å². The molecule has 0 aliphatic rings. The maximum atomic E-state index is 9.93. The molecular formula is C11H23NO3Si. The molecule has 0 rings (SSSR count). The van der Waals surface area contributed by atoms with Crippen LogP contribution in [0.4, 0.5) is 0 Å². The SMILES string of the molecule is CCO[SiH](OCC)C(CC)CCCN=C=O. The van der Waals surface area contributed by atoms with Crippen molar-refractivity contribution >= 4 is 15.4 Å². The number of aliphatic imine (C=N–C) groups is 1. The van der Waals surface area contributed by atoms with E-state index in [1.54, 1.807) is 6.08 Å². The van der Waals surface area contributed by atoms with E-state index in [-0.39, 0.29) is 0 Å². The molecule has 0 aromatic carbocycles. The maximum Gasteiger partial charge on any atom is 0.324 e. The summed E-state index contributed by atoms with van der Waals surface area (Å²) in [6.07, 6.45) is 4.57. The normalized spacial score (nSPS) is 12.5. The van der Waals surface area contributed by atoms with Gasteiger partial charge in [-0.05, 0) is 32.2 Å². The summed E-state index contributed by atoms with van der Waals surface area (Å²) in [5.74, 6) is 0. The third kappa shape index (κ3) is 6.90. The molecule has 0 aliphatic carbocycles. The average molecular weight is 245 g/mol. The lowest BCUT2D eigenvalue weighted by molar-refractivity contribution is 0.200. The molecule has 0 heterocycles. The zero-order chi connectivity index (χ0) is 12.2. The van der Waals surface area contributed by atoms with Crippen LogP contribution >= 0.6 is 0 Å². The molecule has 0 aliphatic heterocycles. The molecule has 0 fully saturated rings. The van der Waals surface area contributed by atoms with Crippen LogP contribution in [0.15, 0.2) is 4.99 Å². The summed E-state index contributed by atoms with van der Waals surface area (Å²) in [5, 5.41) is 0. The van der Waals surface area contributed by atoms with E-state index in [0.29, 0.717) is 12.1 Å². The number of hydrogen-bond donors (Lipinski definition) is 0. The second-order valence-corrected chi connectivity index (χ2v) is 5.91. The maximum absolute atomic E-state index is 9.93. The average Bonchev–Trinajstić information content (AvgIpc) is 2.29. The van der Waals surface area contributed by atoms with E-state index in [1.807, 2.05) is 13.8 Å². The number of hydrogen-bond acceptors (Lipinski definition) is 4.